The van der Waals surface area contributed by atoms with Crippen LogP contribution in [0.5, 0.6) is 0 Å². The van der Waals surface area contributed by atoms with Crippen LogP contribution in [0.15, 0.2) is 89.8 Å². The van der Waals surface area contributed by atoms with Gasteiger partial charge in [0.2, 0.25) is 11.9 Å². The average molecular weight is 484 g/mol. The number of fused-ring (bicyclic) bond motifs is 2. The molecule has 0 saturated heterocycles. The van der Waals surface area contributed by atoms with Crippen LogP contribution in [0.2, 0.25) is 0 Å². The third-order valence-corrected chi connectivity index (χ3v) is 7.20. The Kier molecular flexibility index (Phi) is 5.55. The van der Waals surface area contributed by atoms with Gasteiger partial charge >= 0.3 is 0 Å². The third-order valence-electron chi connectivity index (χ3n) is 6.13. The number of primary amides is 1. The molecule has 0 aliphatic heterocycles. The number of hydrogen-bond acceptors (Lipinski definition) is 4. The molecule has 0 bridgehead atoms. The second-order valence-corrected chi connectivity index (χ2v) is 10.5. The van der Waals surface area contributed by atoms with Gasteiger partial charge in [0.15, 0.2) is 0 Å². The van der Waals surface area contributed by atoms with Crippen molar-refractivity contribution < 1.29 is 9.00 Å². The lowest BCUT2D eigenvalue weighted by Gasteiger charge is -2.19. The number of anilines is 2. The zero-order valence-electron chi connectivity index (χ0n) is 19.1. The van der Waals surface area contributed by atoms with Crippen molar-refractivity contribution in [1.29, 1.82) is 0 Å². The summed E-state index contributed by atoms with van der Waals surface area (Å²) in [5.41, 5.74) is 9.26. The summed E-state index contributed by atoms with van der Waals surface area (Å²) in [6, 6.07) is 26.8. The van der Waals surface area contributed by atoms with Crippen LogP contribution in [0.25, 0.3) is 21.8 Å². The number of amides is 1. The summed E-state index contributed by atoms with van der Waals surface area (Å²) in [4.78, 5) is 17.0. The number of benzene rings is 4. The summed E-state index contributed by atoms with van der Waals surface area (Å²) in [5, 5.41) is 11.3. The zero-order valence-corrected chi connectivity index (χ0v) is 20.0. The second-order valence-electron chi connectivity index (χ2n) is 8.53. The first-order chi connectivity index (χ1) is 16.7. The molecule has 1 heterocycles. The summed E-state index contributed by atoms with van der Waals surface area (Å²) in [6.45, 7) is 2.10. The van der Waals surface area contributed by atoms with Gasteiger partial charge in [-0.3, -0.25) is 9.93 Å². The maximum absolute atomic E-state index is 12.0. The number of carbonyl (C=O) groups excluding carboxylic acids is 1. The topological polar surface area (TPSA) is 116 Å². The minimum atomic E-state index is -2.79. The molecule has 0 fully saturated rings. The highest BCUT2D eigenvalue weighted by Gasteiger charge is 2.19. The van der Waals surface area contributed by atoms with E-state index in [1.165, 1.54) is 5.39 Å². The molecule has 1 aromatic heterocycles. The number of rotatable bonds is 6. The van der Waals surface area contributed by atoms with Crippen molar-refractivity contribution in [2.45, 2.75) is 17.9 Å². The molecule has 0 aliphatic carbocycles. The van der Waals surface area contributed by atoms with Crippen molar-refractivity contribution >= 4 is 54.9 Å². The summed E-state index contributed by atoms with van der Waals surface area (Å²) >= 11 is 0. The van der Waals surface area contributed by atoms with Crippen molar-refractivity contribution in [2.24, 2.45) is 10.9 Å². The Balaban J connectivity index is 1.62. The molecule has 5 rings (SSSR count). The van der Waals surface area contributed by atoms with Gasteiger partial charge in [-0.05, 0) is 77.7 Å². The lowest BCUT2D eigenvalue weighted by atomic mass is 10.0. The Morgan fingerprint density at radius 3 is 2.40 bits per heavy atom. The van der Waals surface area contributed by atoms with Crippen molar-refractivity contribution in [2.75, 3.05) is 5.32 Å². The first-order valence-electron chi connectivity index (χ1n) is 11.0. The summed E-state index contributed by atoms with van der Waals surface area (Å²) in [7, 11) is -2.79. The van der Waals surface area contributed by atoms with E-state index in [1.54, 1.807) is 36.4 Å². The fraction of sp³-hybridized carbons (Fsp3) is 0.0741. The van der Waals surface area contributed by atoms with Crippen molar-refractivity contribution in [3.8, 4) is 0 Å². The van der Waals surface area contributed by atoms with E-state index in [0.717, 1.165) is 22.2 Å². The van der Waals surface area contributed by atoms with E-state index in [9.17, 15) is 9.00 Å². The van der Waals surface area contributed by atoms with Crippen LogP contribution in [-0.4, -0.2) is 25.5 Å². The Hall–Kier alpha value is -4.14. The van der Waals surface area contributed by atoms with E-state index < -0.39 is 15.6 Å². The van der Waals surface area contributed by atoms with Crippen LogP contribution in [0, 0.1) is 0 Å². The van der Waals surface area contributed by atoms with Gasteiger partial charge in [0.05, 0.1) is 26.8 Å². The van der Waals surface area contributed by atoms with Gasteiger partial charge in [0, 0.05) is 16.1 Å². The third kappa shape index (κ3) is 4.37. The number of nitrogens with zero attached hydrogens (tertiary/aromatic N) is 2. The van der Waals surface area contributed by atoms with Crippen LogP contribution in [-0.2, 0) is 9.71 Å². The minimum Gasteiger partial charge on any atom is -0.366 e. The monoisotopic (exact) mass is 483 g/mol. The normalized spacial score (nSPS) is 14.0. The predicted molar refractivity (Wildman–Crippen MR) is 143 cm³/mol. The fourth-order valence-corrected chi connectivity index (χ4v) is 4.84. The van der Waals surface area contributed by atoms with Crippen LogP contribution in [0.3, 0.4) is 0 Å². The number of nitrogens with one attached hydrogen (secondary N) is 1. The molecule has 0 radical (unpaired) electrons. The zero-order chi connectivity index (χ0) is 24.7. The maximum atomic E-state index is 12.0. The number of hydrogen-bond donors (Lipinski definition) is 3. The van der Waals surface area contributed by atoms with Crippen LogP contribution in [0.4, 0.5) is 11.6 Å². The minimum absolute atomic E-state index is 0.0755. The Morgan fingerprint density at radius 1 is 1.00 bits per heavy atom. The number of carbonyl (C=O) groups is 1. The Morgan fingerprint density at radius 2 is 1.71 bits per heavy atom. The highest BCUT2D eigenvalue weighted by Crippen LogP contribution is 2.32. The summed E-state index contributed by atoms with van der Waals surface area (Å²) in [6.07, 6.45) is 0. The first kappa shape index (κ1) is 22.6. The molecular formula is C27H25N5O2S. The van der Waals surface area contributed by atoms with Gasteiger partial charge in [-0.15, -0.1) is 0 Å². The van der Waals surface area contributed by atoms with Gasteiger partial charge in [-0.1, -0.05) is 36.4 Å². The van der Waals surface area contributed by atoms with Crippen LogP contribution >= 0.6 is 0 Å². The van der Waals surface area contributed by atoms with E-state index in [0.29, 0.717) is 21.9 Å². The molecule has 5 N–H and O–H groups in total. The van der Waals surface area contributed by atoms with Crippen molar-refractivity contribution in [1.82, 2.24) is 9.55 Å². The largest absolute Gasteiger partial charge is 0.366 e. The number of imidazole rings is 1. The van der Waals surface area contributed by atoms with E-state index in [2.05, 4.69) is 53.0 Å². The maximum Gasteiger partial charge on any atom is 0.248 e. The average Bonchev–Trinajstić information content (AvgIpc) is 3.20. The fourth-order valence-electron chi connectivity index (χ4n) is 4.25. The Bertz CT molecular complexity index is 1690. The molecular weight excluding hydrogens is 458 g/mol. The van der Waals surface area contributed by atoms with Gasteiger partial charge < -0.3 is 15.6 Å². The smallest absolute Gasteiger partial charge is 0.248 e. The lowest BCUT2D eigenvalue weighted by molar-refractivity contribution is 0.100. The van der Waals surface area contributed by atoms with E-state index in [4.69, 9.17) is 15.9 Å². The van der Waals surface area contributed by atoms with Gasteiger partial charge in [-0.25, -0.2) is 9.19 Å². The Labute approximate surface area is 203 Å². The van der Waals surface area contributed by atoms with Crippen molar-refractivity contribution in [3.63, 3.8) is 0 Å². The molecule has 35 heavy (non-hydrogen) atoms. The molecule has 1 amide bonds. The molecule has 2 atom stereocenters. The highest BCUT2D eigenvalue weighted by molar-refractivity contribution is 7.98. The molecule has 4 aromatic carbocycles. The quantitative estimate of drug-likeness (QED) is 0.306. The van der Waals surface area contributed by atoms with Crippen LogP contribution in [0.1, 0.15) is 28.9 Å². The van der Waals surface area contributed by atoms with Gasteiger partial charge in [0.25, 0.3) is 0 Å². The van der Waals surface area contributed by atoms with Crippen molar-refractivity contribution in [3.05, 3.63) is 96.1 Å². The SMILES string of the molecule is C=S(N)(=O)c1ccc(Nc2nc3cc(C(N)=O)ccc3n2[C@H](C)c2ccc3ccccc3c2)cc1. The first-order valence-corrected chi connectivity index (χ1v) is 12.8. The molecule has 7 nitrogen and oxygen atoms in total. The highest BCUT2D eigenvalue weighted by atomic mass is 32.2. The summed E-state index contributed by atoms with van der Waals surface area (Å²) in [5.74, 6) is 3.62. The molecule has 5 aromatic rings. The standard InChI is InChI=1S/C27H25N5O2S/c1-17(19-8-7-18-5-3-4-6-20(18)15-19)32-25-14-9-21(26(28)33)16-24(25)31-27(32)30-22-10-12-23(13-11-22)35(2,29)34/h3-17H,2H2,1H3,(H2,28,33)(H2,29,34)(H,30,31)/t17-,35?/m1/s1. The molecule has 176 valence electrons. The van der Waals surface area contributed by atoms with Crippen LogP contribution < -0.4 is 16.2 Å². The molecule has 0 saturated carbocycles. The van der Waals surface area contributed by atoms with E-state index in [1.807, 2.05) is 18.2 Å². The predicted octanol–water partition coefficient (Wildman–Crippen LogP) is 4.59. The summed E-state index contributed by atoms with van der Waals surface area (Å²) < 4.78 is 14.1. The molecule has 8 heteroatoms. The number of aromatic nitrogens is 2. The van der Waals surface area contributed by atoms with E-state index >= 15 is 0 Å². The lowest BCUT2D eigenvalue weighted by Crippen LogP contribution is -2.12. The molecule has 0 aliphatic rings. The van der Waals surface area contributed by atoms with Gasteiger partial charge in [-0.2, -0.15) is 0 Å². The molecule has 1 unspecified atom stereocenters. The van der Waals surface area contributed by atoms with E-state index in [-0.39, 0.29) is 6.04 Å². The molecule has 0 spiro atoms. The van der Waals surface area contributed by atoms with Gasteiger partial charge in [0.1, 0.15) is 0 Å². The number of nitrogens with two attached hydrogens (primary N) is 2. The second kappa shape index (κ2) is 8.57.